The number of methoxy groups -OCH3 is 1. The van der Waals surface area contributed by atoms with Crippen LogP contribution in [0.3, 0.4) is 0 Å². The summed E-state index contributed by atoms with van der Waals surface area (Å²) in [7, 11) is 3.26. The number of thiophene rings is 1. The standard InChI is InChI=1S/C37H40ClF2N3O5S/c1-7-29(44)28-19-22(16-17-41-28)21-8-15-30(47-6)23(18-21)20-43(25-11-9-24(10-12-25)42(5)36(46)48-37(2,3)4)35(45)34-32(38)31-26(39)13-14-27(40)33(31)49-34/h8,13-19,24-25H,7,9-12,20H2,1-6H3. The minimum atomic E-state index is -0.707. The molecular weight excluding hydrogens is 672 g/mol. The Kier molecular flexibility index (Phi) is 10.9. The van der Waals surface area contributed by atoms with E-state index in [1.165, 1.54) is 0 Å². The van der Waals surface area contributed by atoms with Gasteiger partial charge in [-0.1, -0.05) is 24.6 Å². The second kappa shape index (κ2) is 14.8. The van der Waals surface area contributed by atoms with Gasteiger partial charge in [0.25, 0.3) is 5.91 Å². The number of aromatic nitrogens is 1. The zero-order chi connectivity index (χ0) is 35.6. The first kappa shape index (κ1) is 36.2. The monoisotopic (exact) mass is 711 g/mol. The molecule has 1 aliphatic rings. The molecule has 1 fully saturated rings. The SMILES string of the molecule is CCC(=O)c1cc(-c2ccc(OC)c(CN(C(=O)c3sc4c(F)ccc(F)c4c3Cl)C3CCC(N(C)C(=O)OC(C)(C)C)CC3)c2)ccn1. The number of rotatable bonds is 9. The highest BCUT2D eigenvalue weighted by molar-refractivity contribution is 7.21. The first-order chi connectivity index (χ1) is 23.2. The first-order valence-corrected chi connectivity index (χ1v) is 17.4. The number of pyridine rings is 1. The second-order valence-corrected chi connectivity index (χ2v) is 14.6. The zero-order valence-electron chi connectivity index (χ0n) is 28.4. The molecule has 0 unspecified atom stereocenters. The van der Waals surface area contributed by atoms with Crippen molar-refractivity contribution in [1.29, 1.82) is 0 Å². The van der Waals surface area contributed by atoms with Gasteiger partial charge in [-0.3, -0.25) is 14.6 Å². The van der Waals surface area contributed by atoms with Gasteiger partial charge in [-0.25, -0.2) is 13.6 Å². The molecule has 0 radical (unpaired) electrons. The van der Waals surface area contributed by atoms with Gasteiger partial charge in [0.1, 0.15) is 33.6 Å². The molecule has 49 heavy (non-hydrogen) atoms. The van der Waals surface area contributed by atoms with Crippen LogP contribution in [0.1, 0.15) is 85.5 Å². The summed E-state index contributed by atoms with van der Waals surface area (Å²) in [5.74, 6) is -1.36. The average Bonchev–Trinajstić information content (AvgIpc) is 3.45. The first-order valence-electron chi connectivity index (χ1n) is 16.2. The van der Waals surface area contributed by atoms with E-state index in [1.807, 2.05) is 39.0 Å². The summed E-state index contributed by atoms with van der Waals surface area (Å²) in [5, 5.41) is -0.247. The van der Waals surface area contributed by atoms with Crippen molar-refractivity contribution in [3.63, 3.8) is 0 Å². The number of nitrogens with zero attached hydrogens (tertiary/aromatic N) is 3. The largest absolute Gasteiger partial charge is 0.496 e. The van der Waals surface area contributed by atoms with Crippen LogP contribution in [-0.4, -0.2) is 64.4 Å². The van der Waals surface area contributed by atoms with Crippen molar-refractivity contribution < 1.29 is 32.6 Å². The number of benzene rings is 2. The maximum Gasteiger partial charge on any atom is 0.410 e. The molecule has 4 aromatic rings. The Hall–Kier alpha value is -4.09. The number of hydrogen-bond acceptors (Lipinski definition) is 7. The van der Waals surface area contributed by atoms with Gasteiger partial charge < -0.3 is 19.3 Å². The summed E-state index contributed by atoms with van der Waals surface area (Å²) in [5.41, 5.74) is 1.99. The van der Waals surface area contributed by atoms with Crippen molar-refractivity contribution in [1.82, 2.24) is 14.8 Å². The lowest BCUT2D eigenvalue weighted by Gasteiger charge is -2.40. The van der Waals surface area contributed by atoms with Crippen LogP contribution in [0.5, 0.6) is 5.75 Å². The molecule has 0 spiro atoms. The Labute approximate surface area is 294 Å². The lowest BCUT2D eigenvalue weighted by molar-refractivity contribution is 0.0144. The van der Waals surface area contributed by atoms with Gasteiger partial charge in [-0.2, -0.15) is 0 Å². The maximum absolute atomic E-state index is 14.8. The van der Waals surface area contributed by atoms with E-state index in [0.717, 1.165) is 34.6 Å². The molecule has 1 saturated carbocycles. The fraction of sp³-hybridized carbons (Fsp3) is 0.405. The van der Waals surface area contributed by atoms with Crippen LogP contribution in [-0.2, 0) is 11.3 Å². The summed E-state index contributed by atoms with van der Waals surface area (Å²) >= 11 is 7.45. The number of ketones is 1. The van der Waals surface area contributed by atoms with E-state index >= 15 is 0 Å². The third kappa shape index (κ3) is 7.88. The van der Waals surface area contributed by atoms with Crippen LogP contribution in [0.15, 0.2) is 48.7 Å². The van der Waals surface area contributed by atoms with Crippen molar-refractivity contribution in [3.8, 4) is 16.9 Å². The normalized spacial score (nSPS) is 16.3. The van der Waals surface area contributed by atoms with Crippen LogP contribution in [0, 0.1) is 11.6 Å². The molecule has 0 bridgehead atoms. The Bertz CT molecular complexity index is 1880. The van der Waals surface area contributed by atoms with Crippen LogP contribution < -0.4 is 4.74 Å². The number of carbonyl (C=O) groups is 3. The Morgan fingerprint density at radius 1 is 0.980 bits per heavy atom. The molecule has 2 aromatic heterocycles. The summed E-state index contributed by atoms with van der Waals surface area (Å²) < 4.78 is 40.9. The molecule has 2 aromatic carbocycles. The highest BCUT2D eigenvalue weighted by atomic mass is 35.5. The number of amides is 2. The van der Waals surface area contributed by atoms with Crippen molar-refractivity contribution in [2.75, 3.05) is 14.2 Å². The Morgan fingerprint density at radius 3 is 2.27 bits per heavy atom. The topological polar surface area (TPSA) is 89.0 Å². The molecular formula is C37H40ClF2N3O5S. The predicted octanol–water partition coefficient (Wildman–Crippen LogP) is 9.32. The minimum absolute atomic E-state index is 0.0225. The fourth-order valence-electron chi connectivity index (χ4n) is 6.18. The van der Waals surface area contributed by atoms with E-state index in [0.29, 0.717) is 49.1 Å². The van der Waals surface area contributed by atoms with Gasteiger partial charge in [0.15, 0.2) is 5.78 Å². The highest BCUT2D eigenvalue weighted by Gasteiger charge is 2.35. The molecule has 0 atom stereocenters. The molecule has 2 heterocycles. The molecule has 0 N–H and O–H groups in total. The summed E-state index contributed by atoms with van der Waals surface area (Å²) in [6, 6.07) is 10.8. The fourth-order valence-corrected chi connectivity index (χ4v) is 7.69. The zero-order valence-corrected chi connectivity index (χ0v) is 30.0. The third-order valence-corrected chi connectivity index (χ3v) is 10.5. The number of ether oxygens (including phenoxy) is 2. The van der Waals surface area contributed by atoms with Gasteiger partial charge >= 0.3 is 6.09 Å². The molecule has 0 saturated heterocycles. The van der Waals surface area contributed by atoms with Crippen molar-refractivity contribution in [2.24, 2.45) is 0 Å². The number of halogens is 3. The smallest absolute Gasteiger partial charge is 0.410 e. The van der Waals surface area contributed by atoms with Crippen molar-refractivity contribution in [3.05, 3.63) is 81.5 Å². The van der Waals surface area contributed by atoms with E-state index in [1.54, 1.807) is 49.2 Å². The molecule has 260 valence electrons. The van der Waals surface area contributed by atoms with E-state index in [-0.39, 0.29) is 44.4 Å². The molecule has 5 rings (SSSR count). The Balaban J connectivity index is 1.51. The number of carbonyl (C=O) groups excluding carboxylic acids is 3. The van der Waals surface area contributed by atoms with Gasteiger partial charge in [0.05, 0.1) is 22.2 Å². The average molecular weight is 712 g/mol. The number of hydrogen-bond donors (Lipinski definition) is 0. The maximum atomic E-state index is 14.8. The van der Waals surface area contributed by atoms with Gasteiger partial charge in [0, 0.05) is 43.9 Å². The second-order valence-electron chi connectivity index (χ2n) is 13.2. The van der Waals surface area contributed by atoms with Crippen LogP contribution in [0.2, 0.25) is 5.02 Å². The predicted molar refractivity (Wildman–Crippen MR) is 188 cm³/mol. The molecule has 2 amide bonds. The van der Waals surface area contributed by atoms with Crippen LogP contribution in [0.25, 0.3) is 21.2 Å². The lowest BCUT2D eigenvalue weighted by atomic mass is 9.89. The van der Waals surface area contributed by atoms with Crippen molar-refractivity contribution in [2.45, 2.75) is 84.0 Å². The number of Topliss-reactive ketones (excluding diaryl/α,β-unsaturated/α-hetero) is 1. The van der Waals surface area contributed by atoms with E-state index in [9.17, 15) is 23.2 Å². The molecule has 1 aliphatic carbocycles. The molecule has 12 heteroatoms. The van der Waals surface area contributed by atoms with E-state index in [4.69, 9.17) is 21.1 Å². The van der Waals surface area contributed by atoms with E-state index < -0.39 is 29.2 Å². The lowest BCUT2D eigenvalue weighted by Crippen LogP contribution is -2.47. The van der Waals surface area contributed by atoms with Crippen LogP contribution >= 0.6 is 22.9 Å². The quantitative estimate of drug-likeness (QED) is 0.161. The highest BCUT2D eigenvalue weighted by Crippen LogP contribution is 2.41. The summed E-state index contributed by atoms with van der Waals surface area (Å²) in [6.07, 6.45) is 3.84. The van der Waals surface area contributed by atoms with Gasteiger partial charge in [-0.15, -0.1) is 11.3 Å². The van der Waals surface area contributed by atoms with Gasteiger partial charge in [-0.05, 0) is 94.0 Å². The summed E-state index contributed by atoms with van der Waals surface area (Å²) in [6.45, 7) is 7.34. The number of fused-ring (bicyclic) bond motifs is 1. The van der Waals surface area contributed by atoms with Crippen molar-refractivity contribution >= 4 is 50.8 Å². The van der Waals surface area contributed by atoms with Crippen LogP contribution in [0.4, 0.5) is 13.6 Å². The van der Waals surface area contributed by atoms with Gasteiger partial charge in [0.2, 0.25) is 0 Å². The Morgan fingerprint density at radius 2 is 1.63 bits per heavy atom. The minimum Gasteiger partial charge on any atom is -0.496 e. The molecule has 8 nitrogen and oxygen atoms in total. The summed E-state index contributed by atoms with van der Waals surface area (Å²) in [4.78, 5) is 47.2. The van der Waals surface area contributed by atoms with E-state index in [2.05, 4.69) is 4.98 Å². The third-order valence-electron chi connectivity index (χ3n) is 8.79. The molecule has 0 aliphatic heterocycles.